The Hall–Kier alpha value is -0.960. The normalized spacial score (nSPS) is 9.69. The molecule has 0 saturated heterocycles. The topological polar surface area (TPSA) is 29.3 Å². The second-order valence-electron chi connectivity index (χ2n) is 2.94. The quantitative estimate of drug-likeness (QED) is 0.824. The van der Waals surface area contributed by atoms with E-state index in [1.54, 1.807) is 6.20 Å². The van der Waals surface area contributed by atoms with E-state index in [1.165, 1.54) is 0 Å². The summed E-state index contributed by atoms with van der Waals surface area (Å²) < 4.78 is 1.05. The Morgan fingerprint density at radius 2 is 2.31 bits per heavy atom. The number of benzene rings is 1. The van der Waals surface area contributed by atoms with Crippen LogP contribution in [0.2, 0.25) is 0 Å². The summed E-state index contributed by atoms with van der Waals surface area (Å²) in [6, 6.07) is 5.86. The molecule has 0 spiro atoms. The van der Waals surface area contributed by atoms with Crippen molar-refractivity contribution in [1.29, 1.82) is 0 Å². The van der Waals surface area contributed by atoms with Gasteiger partial charge in [-0.05, 0) is 30.0 Å². The Morgan fingerprint density at radius 1 is 1.62 bits per heavy atom. The van der Waals surface area contributed by atoms with Gasteiger partial charge >= 0.3 is 0 Å². The van der Waals surface area contributed by atoms with E-state index in [1.807, 2.05) is 30.1 Å². The van der Waals surface area contributed by atoms with Crippen molar-refractivity contribution in [1.82, 2.24) is 4.90 Å². The van der Waals surface area contributed by atoms with Gasteiger partial charge < -0.3 is 10.6 Å². The van der Waals surface area contributed by atoms with Crippen molar-refractivity contribution in [2.45, 2.75) is 6.54 Å². The molecule has 0 bridgehead atoms. The van der Waals surface area contributed by atoms with Gasteiger partial charge in [0.15, 0.2) is 0 Å². The molecule has 0 heterocycles. The molecule has 13 heavy (non-hydrogen) atoms. The molecule has 3 heteroatoms. The lowest BCUT2D eigenvalue weighted by Crippen LogP contribution is -2.10. The maximum Gasteiger partial charge on any atom is 0.0441 e. The van der Waals surface area contributed by atoms with E-state index < -0.39 is 0 Å². The van der Waals surface area contributed by atoms with Crippen LogP contribution in [0.4, 0.5) is 5.69 Å². The number of nitrogens with two attached hydrogens (primary N) is 1. The molecule has 0 fully saturated rings. The van der Waals surface area contributed by atoms with E-state index in [2.05, 4.69) is 22.5 Å². The van der Waals surface area contributed by atoms with Crippen LogP contribution in [0.25, 0.3) is 0 Å². The summed E-state index contributed by atoms with van der Waals surface area (Å²) in [4.78, 5) is 1.98. The minimum absolute atomic E-state index is 0.786. The first-order valence-electron chi connectivity index (χ1n) is 4.00. The molecule has 0 radical (unpaired) electrons. The lowest BCUT2D eigenvalue weighted by atomic mass is 10.2. The summed E-state index contributed by atoms with van der Waals surface area (Å²) in [6.07, 6.45) is 1.78. The Kier molecular flexibility index (Phi) is 3.37. The number of halogens is 1. The molecular weight excluding hydrogens is 228 g/mol. The fourth-order valence-electron chi connectivity index (χ4n) is 1.04. The first-order chi connectivity index (χ1) is 6.13. The number of hydrogen-bond acceptors (Lipinski definition) is 2. The highest BCUT2D eigenvalue weighted by Gasteiger charge is 2.00. The van der Waals surface area contributed by atoms with Gasteiger partial charge in [-0.25, -0.2) is 0 Å². The largest absolute Gasteiger partial charge is 0.398 e. The first-order valence-corrected chi connectivity index (χ1v) is 4.79. The van der Waals surface area contributed by atoms with Crippen molar-refractivity contribution in [2.75, 3.05) is 12.8 Å². The van der Waals surface area contributed by atoms with Crippen LogP contribution in [0.3, 0.4) is 0 Å². The zero-order valence-corrected chi connectivity index (χ0v) is 9.21. The van der Waals surface area contributed by atoms with Crippen molar-refractivity contribution in [3.8, 4) is 0 Å². The maximum absolute atomic E-state index is 5.81. The van der Waals surface area contributed by atoms with Gasteiger partial charge in [-0.3, -0.25) is 0 Å². The van der Waals surface area contributed by atoms with E-state index in [-0.39, 0.29) is 0 Å². The van der Waals surface area contributed by atoms with Crippen LogP contribution in [0.1, 0.15) is 5.56 Å². The van der Waals surface area contributed by atoms with Crippen molar-refractivity contribution >= 4 is 21.6 Å². The summed E-state index contributed by atoms with van der Waals surface area (Å²) >= 11 is 3.41. The van der Waals surface area contributed by atoms with Gasteiger partial charge in [-0.1, -0.05) is 22.5 Å². The molecule has 70 valence electrons. The van der Waals surface area contributed by atoms with Crippen LogP contribution in [-0.2, 0) is 6.54 Å². The fraction of sp³-hybridized carbons (Fsp3) is 0.200. The van der Waals surface area contributed by atoms with E-state index in [0.717, 1.165) is 22.3 Å². The molecule has 0 aliphatic rings. The molecule has 0 saturated carbocycles. The van der Waals surface area contributed by atoms with Gasteiger partial charge in [0.05, 0.1) is 0 Å². The predicted molar refractivity (Wildman–Crippen MR) is 60.2 cm³/mol. The Bertz CT molecular complexity index is 310. The summed E-state index contributed by atoms with van der Waals surface area (Å²) in [5.74, 6) is 0. The number of nitrogens with zero attached hydrogens (tertiary/aromatic N) is 1. The zero-order valence-electron chi connectivity index (χ0n) is 7.63. The molecule has 0 aliphatic carbocycles. The summed E-state index contributed by atoms with van der Waals surface area (Å²) in [5, 5.41) is 0. The molecule has 0 amide bonds. The molecule has 0 unspecified atom stereocenters. The SMILES string of the molecule is C=CN(C)Cc1cc(Br)ccc1N. The zero-order chi connectivity index (χ0) is 9.84. The number of nitrogen functional groups attached to an aromatic ring is 1. The summed E-state index contributed by atoms with van der Waals surface area (Å²) in [6.45, 7) is 4.47. The Balaban J connectivity index is 2.86. The lowest BCUT2D eigenvalue weighted by molar-refractivity contribution is 0.453. The van der Waals surface area contributed by atoms with Gasteiger partial charge in [-0.2, -0.15) is 0 Å². The average Bonchev–Trinajstić information content (AvgIpc) is 2.11. The van der Waals surface area contributed by atoms with Crippen LogP contribution in [0, 0.1) is 0 Å². The Labute approximate surface area is 87.2 Å². The second-order valence-corrected chi connectivity index (χ2v) is 3.86. The van der Waals surface area contributed by atoms with Gasteiger partial charge in [-0.15, -0.1) is 0 Å². The monoisotopic (exact) mass is 240 g/mol. The van der Waals surface area contributed by atoms with E-state index in [0.29, 0.717) is 0 Å². The number of hydrogen-bond donors (Lipinski definition) is 1. The second kappa shape index (κ2) is 4.33. The van der Waals surface area contributed by atoms with E-state index in [4.69, 9.17) is 5.73 Å². The van der Waals surface area contributed by atoms with E-state index >= 15 is 0 Å². The van der Waals surface area contributed by atoms with E-state index in [9.17, 15) is 0 Å². The van der Waals surface area contributed by atoms with Crippen LogP contribution in [0.5, 0.6) is 0 Å². The Morgan fingerprint density at radius 3 is 2.92 bits per heavy atom. The van der Waals surface area contributed by atoms with Gasteiger partial charge in [0.25, 0.3) is 0 Å². The average molecular weight is 241 g/mol. The smallest absolute Gasteiger partial charge is 0.0441 e. The highest BCUT2D eigenvalue weighted by Crippen LogP contribution is 2.19. The highest BCUT2D eigenvalue weighted by atomic mass is 79.9. The first kappa shape index (κ1) is 10.1. The van der Waals surface area contributed by atoms with Crippen LogP contribution in [0.15, 0.2) is 35.5 Å². The third-order valence-corrected chi connectivity index (χ3v) is 2.33. The van der Waals surface area contributed by atoms with Crippen molar-refractivity contribution in [2.24, 2.45) is 0 Å². The van der Waals surface area contributed by atoms with Crippen molar-refractivity contribution < 1.29 is 0 Å². The third kappa shape index (κ3) is 2.77. The molecule has 2 N–H and O–H groups in total. The van der Waals surface area contributed by atoms with Crippen LogP contribution >= 0.6 is 15.9 Å². The lowest BCUT2D eigenvalue weighted by Gasteiger charge is -2.14. The van der Waals surface area contributed by atoms with Crippen LogP contribution < -0.4 is 5.73 Å². The third-order valence-electron chi connectivity index (χ3n) is 1.84. The van der Waals surface area contributed by atoms with Gasteiger partial charge in [0, 0.05) is 23.8 Å². The summed E-state index contributed by atoms with van der Waals surface area (Å²) in [7, 11) is 1.97. The molecule has 0 aliphatic heterocycles. The predicted octanol–water partition coefficient (Wildman–Crippen LogP) is 2.61. The minimum Gasteiger partial charge on any atom is -0.398 e. The van der Waals surface area contributed by atoms with Gasteiger partial charge in [0.2, 0.25) is 0 Å². The molecular formula is C10H13BrN2. The standard InChI is InChI=1S/C10H13BrN2/c1-3-13(2)7-8-6-9(11)4-5-10(8)12/h3-6H,1,7,12H2,2H3. The highest BCUT2D eigenvalue weighted by molar-refractivity contribution is 9.10. The van der Waals surface area contributed by atoms with Gasteiger partial charge in [0.1, 0.15) is 0 Å². The number of rotatable bonds is 3. The molecule has 1 rings (SSSR count). The molecule has 2 nitrogen and oxygen atoms in total. The maximum atomic E-state index is 5.81. The van der Waals surface area contributed by atoms with Crippen molar-refractivity contribution in [3.05, 3.63) is 41.0 Å². The molecule has 1 aromatic carbocycles. The minimum atomic E-state index is 0.786. The number of anilines is 1. The molecule has 0 atom stereocenters. The fourth-order valence-corrected chi connectivity index (χ4v) is 1.45. The molecule has 1 aromatic rings. The molecule has 0 aromatic heterocycles. The van der Waals surface area contributed by atoms with Crippen molar-refractivity contribution in [3.63, 3.8) is 0 Å². The van der Waals surface area contributed by atoms with Crippen LogP contribution in [-0.4, -0.2) is 11.9 Å². The summed E-state index contributed by atoms with van der Waals surface area (Å²) in [5.41, 5.74) is 7.74.